The highest BCUT2D eigenvalue weighted by atomic mass is 16.5. The van der Waals surface area contributed by atoms with Gasteiger partial charge in [0.1, 0.15) is 6.10 Å². The minimum absolute atomic E-state index is 0.0182. The Hall–Kier alpha value is -0.650. The smallest absolute Gasteiger partial charge is 0.300 e. The van der Waals surface area contributed by atoms with Gasteiger partial charge in [0.25, 0.3) is 5.97 Å². The standard InChI is InChI=1S/C5H12O3.C2H4O2/c1-7-4-5(3-6)8-2;1-2(3)4/h5-6H,3-4H2,1-2H3;1H3,(H,3,4). The first kappa shape index (κ1) is 13.9. The zero-order valence-electron chi connectivity index (χ0n) is 7.61. The molecule has 0 radical (unpaired) electrons. The fourth-order valence-corrected chi connectivity index (χ4v) is 0.381. The van der Waals surface area contributed by atoms with Gasteiger partial charge < -0.3 is 19.7 Å². The number of methoxy groups -OCH3 is 2. The van der Waals surface area contributed by atoms with Crippen LogP contribution in [-0.2, 0) is 14.3 Å². The minimum Gasteiger partial charge on any atom is -0.481 e. The van der Waals surface area contributed by atoms with Gasteiger partial charge in [0.05, 0.1) is 13.2 Å². The molecule has 0 aromatic rings. The Bertz CT molecular complexity index is 96.0. The average Bonchev–Trinajstić information content (AvgIpc) is 1.99. The van der Waals surface area contributed by atoms with Gasteiger partial charge in [-0.05, 0) is 0 Å². The van der Waals surface area contributed by atoms with Crippen LogP contribution >= 0.6 is 0 Å². The summed E-state index contributed by atoms with van der Waals surface area (Å²) in [7, 11) is 3.11. The molecule has 0 bridgehead atoms. The molecule has 0 aromatic carbocycles. The van der Waals surface area contributed by atoms with Crippen LogP contribution < -0.4 is 0 Å². The van der Waals surface area contributed by atoms with Crippen LogP contribution in [0.25, 0.3) is 0 Å². The molecule has 0 rings (SSSR count). The van der Waals surface area contributed by atoms with Gasteiger partial charge in [0.2, 0.25) is 0 Å². The summed E-state index contributed by atoms with van der Waals surface area (Å²) in [5, 5.41) is 15.9. The molecule has 0 fully saturated rings. The first-order valence-corrected chi connectivity index (χ1v) is 3.40. The second-order valence-electron chi connectivity index (χ2n) is 2.01. The molecule has 2 N–H and O–H groups in total. The first-order valence-electron chi connectivity index (χ1n) is 3.40. The molecule has 0 aliphatic heterocycles. The van der Waals surface area contributed by atoms with Crippen molar-refractivity contribution in [3.8, 4) is 0 Å². The highest BCUT2D eigenvalue weighted by molar-refractivity contribution is 5.62. The van der Waals surface area contributed by atoms with Crippen molar-refractivity contribution in [3.05, 3.63) is 0 Å². The van der Waals surface area contributed by atoms with Gasteiger partial charge >= 0.3 is 0 Å². The zero-order valence-corrected chi connectivity index (χ0v) is 7.61. The lowest BCUT2D eigenvalue weighted by Gasteiger charge is -2.08. The van der Waals surface area contributed by atoms with Gasteiger partial charge in [-0.1, -0.05) is 0 Å². The largest absolute Gasteiger partial charge is 0.481 e. The van der Waals surface area contributed by atoms with Crippen LogP contribution in [0.15, 0.2) is 0 Å². The summed E-state index contributed by atoms with van der Waals surface area (Å²) in [6, 6.07) is 0. The molecule has 0 aliphatic carbocycles. The average molecular weight is 180 g/mol. The maximum atomic E-state index is 9.00. The molecular weight excluding hydrogens is 164 g/mol. The van der Waals surface area contributed by atoms with Gasteiger partial charge in [0.15, 0.2) is 0 Å². The summed E-state index contributed by atoms with van der Waals surface area (Å²) in [4.78, 5) is 9.00. The summed E-state index contributed by atoms with van der Waals surface area (Å²) in [5.74, 6) is -0.833. The molecular formula is C7H16O5. The molecule has 0 heterocycles. The quantitative estimate of drug-likeness (QED) is 0.623. The predicted molar refractivity (Wildman–Crippen MR) is 43.1 cm³/mol. The van der Waals surface area contributed by atoms with E-state index < -0.39 is 5.97 Å². The molecule has 0 amide bonds. The van der Waals surface area contributed by atoms with Gasteiger partial charge in [0, 0.05) is 21.1 Å². The molecule has 0 aliphatic rings. The van der Waals surface area contributed by atoms with Crippen LogP contribution in [0.4, 0.5) is 0 Å². The van der Waals surface area contributed by atoms with E-state index in [4.69, 9.17) is 24.5 Å². The molecule has 1 atom stereocenters. The number of carboxylic acid groups (broad SMARTS) is 1. The molecule has 74 valence electrons. The Labute approximate surface area is 71.9 Å². The maximum absolute atomic E-state index is 9.00. The van der Waals surface area contributed by atoms with Gasteiger partial charge in [-0.3, -0.25) is 4.79 Å². The van der Waals surface area contributed by atoms with E-state index in [0.717, 1.165) is 6.92 Å². The van der Waals surface area contributed by atoms with E-state index in [1.54, 1.807) is 14.2 Å². The Balaban J connectivity index is 0. The van der Waals surface area contributed by atoms with Crippen molar-refractivity contribution in [2.45, 2.75) is 13.0 Å². The van der Waals surface area contributed by atoms with E-state index in [-0.39, 0.29) is 12.7 Å². The summed E-state index contributed by atoms with van der Waals surface area (Å²) >= 11 is 0. The van der Waals surface area contributed by atoms with Crippen molar-refractivity contribution < 1.29 is 24.5 Å². The Morgan fingerprint density at radius 2 is 1.92 bits per heavy atom. The lowest BCUT2D eigenvalue weighted by Crippen LogP contribution is -2.21. The van der Waals surface area contributed by atoms with Crippen LogP contribution in [0.5, 0.6) is 0 Å². The van der Waals surface area contributed by atoms with Crippen molar-refractivity contribution in [3.63, 3.8) is 0 Å². The maximum Gasteiger partial charge on any atom is 0.300 e. The molecule has 0 saturated heterocycles. The Morgan fingerprint density at radius 1 is 1.50 bits per heavy atom. The van der Waals surface area contributed by atoms with Crippen LogP contribution in [0.1, 0.15) is 6.92 Å². The second kappa shape index (κ2) is 10.3. The SMILES string of the molecule is CC(=O)O.COCC(CO)OC. The number of hydrogen-bond acceptors (Lipinski definition) is 4. The number of aliphatic hydroxyl groups is 1. The van der Waals surface area contributed by atoms with E-state index in [0.29, 0.717) is 6.61 Å². The highest BCUT2D eigenvalue weighted by Gasteiger charge is 2.01. The van der Waals surface area contributed by atoms with Crippen molar-refractivity contribution in [2.75, 3.05) is 27.4 Å². The number of carbonyl (C=O) groups is 1. The van der Waals surface area contributed by atoms with E-state index in [1.807, 2.05) is 0 Å². The highest BCUT2D eigenvalue weighted by Crippen LogP contribution is 1.86. The molecule has 12 heavy (non-hydrogen) atoms. The number of ether oxygens (including phenoxy) is 2. The van der Waals surface area contributed by atoms with Crippen molar-refractivity contribution in [2.24, 2.45) is 0 Å². The van der Waals surface area contributed by atoms with Gasteiger partial charge in [-0.25, -0.2) is 0 Å². The lowest BCUT2D eigenvalue weighted by molar-refractivity contribution is -0.134. The summed E-state index contributed by atoms with van der Waals surface area (Å²) in [6.45, 7) is 1.55. The van der Waals surface area contributed by atoms with Crippen LogP contribution in [0, 0.1) is 0 Å². The monoisotopic (exact) mass is 180 g/mol. The number of carboxylic acids is 1. The third-order valence-electron chi connectivity index (χ3n) is 0.890. The van der Waals surface area contributed by atoms with Gasteiger partial charge in [-0.15, -0.1) is 0 Å². The first-order chi connectivity index (χ1) is 5.58. The Kier molecular flexibility index (Phi) is 12.0. The summed E-state index contributed by atoms with van der Waals surface area (Å²) < 4.78 is 9.47. The molecule has 0 aromatic heterocycles. The van der Waals surface area contributed by atoms with Gasteiger partial charge in [-0.2, -0.15) is 0 Å². The van der Waals surface area contributed by atoms with E-state index >= 15 is 0 Å². The number of aliphatic carboxylic acids is 1. The predicted octanol–water partition coefficient (Wildman–Crippen LogP) is -0.269. The lowest BCUT2D eigenvalue weighted by atomic mass is 10.4. The van der Waals surface area contributed by atoms with Crippen molar-refractivity contribution in [1.82, 2.24) is 0 Å². The second-order valence-corrected chi connectivity index (χ2v) is 2.01. The third-order valence-corrected chi connectivity index (χ3v) is 0.890. The molecule has 0 spiro atoms. The van der Waals surface area contributed by atoms with Crippen molar-refractivity contribution in [1.29, 1.82) is 0 Å². The van der Waals surface area contributed by atoms with Crippen molar-refractivity contribution >= 4 is 5.97 Å². The third kappa shape index (κ3) is 16.2. The summed E-state index contributed by atoms with van der Waals surface area (Å²) in [6.07, 6.45) is -0.167. The number of rotatable bonds is 4. The molecule has 5 heteroatoms. The van der Waals surface area contributed by atoms with E-state index in [2.05, 4.69) is 0 Å². The van der Waals surface area contributed by atoms with E-state index in [1.165, 1.54) is 0 Å². The number of hydrogen-bond donors (Lipinski definition) is 2. The normalized spacial score (nSPS) is 11.3. The number of aliphatic hydroxyl groups excluding tert-OH is 1. The van der Waals surface area contributed by atoms with E-state index in [9.17, 15) is 0 Å². The molecule has 5 nitrogen and oxygen atoms in total. The van der Waals surface area contributed by atoms with Crippen LogP contribution in [-0.4, -0.2) is 49.7 Å². The molecule has 1 unspecified atom stereocenters. The Morgan fingerprint density at radius 3 is 2.00 bits per heavy atom. The topological polar surface area (TPSA) is 76.0 Å². The summed E-state index contributed by atoms with van der Waals surface area (Å²) in [5.41, 5.74) is 0. The fraction of sp³-hybridized carbons (Fsp3) is 0.857. The molecule has 0 saturated carbocycles. The minimum atomic E-state index is -0.833. The van der Waals surface area contributed by atoms with Crippen LogP contribution in [0.2, 0.25) is 0 Å². The zero-order chi connectivity index (χ0) is 9.98. The fourth-order valence-electron chi connectivity index (χ4n) is 0.381. The van der Waals surface area contributed by atoms with Crippen LogP contribution in [0.3, 0.4) is 0 Å².